The Morgan fingerprint density at radius 2 is 2.11 bits per heavy atom. The van der Waals surface area contributed by atoms with E-state index in [1.165, 1.54) is 16.9 Å². The second-order valence-corrected chi connectivity index (χ2v) is 3.93. The van der Waals surface area contributed by atoms with Crippen LogP contribution in [0.1, 0.15) is 10.4 Å². The van der Waals surface area contributed by atoms with E-state index in [9.17, 15) is 9.90 Å². The lowest BCUT2D eigenvalue weighted by atomic mass is 10.2. The number of nitrogens with two attached hydrogens (primary N) is 1. The molecule has 0 radical (unpaired) electrons. The van der Waals surface area contributed by atoms with E-state index in [1.807, 2.05) is 12.1 Å². The zero-order chi connectivity index (χ0) is 13.4. The van der Waals surface area contributed by atoms with Crippen LogP contribution in [0, 0.1) is 0 Å². The number of aromatic nitrogens is 4. The highest BCUT2D eigenvalue weighted by molar-refractivity contribution is 5.93. The van der Waals surface area contributed by atoms with Crippen LogP contribution in [0.5, 0.6) is 0 Å². The molecule has 3 rings (SSSR count). The molecule has 0 aliphatic heterocycles. The van der Waals surface area contributed by atoms with Gasteiger partial charge < -0.3 is 10.8 Å². The van der Waals surface area contributed by atoms with Crippen molar-refractivity contribution in [2.24, 2.45) is 0 Å². The summed E-state index contributed by atoms with van der Waals surface area (Å²) in [6, 6.07) is 8.58. The molecule has 0 aliphatic carbocycles. The molecule has 0 aliphatic rings. The fourth-order valence-electron chi connectivity index (χ4n) is 1.83. The summed E-state index contributed by atoms with van der Waals surface area (Å²) in [6.45, 7) is 0. The van der Waals surface area contributed by atoms with Crippen LogP contribution < -0.4 is 5.73 Å². The van der Waals surface area contributed by atoms with Crippen LogP contribution in [-0.2, 0) is 0 Å². The number of pyridine rings is 1. The maximum absolute atomic E-state index is 11.2. The SMILES string of the molecule is Nc1cnc(-n2nnc3ccccc32)c(C(=O)O)c1. The van der Waals surface area contributed by atoms with E-state index in [0.29, 0.717) is 11.0 Å². The van der Waals surface area contributed by atoms with Gasteiger partial charge >= 0.3 is 5.97 Å². The number of nitrogen functional groups attached to an aromatic ring is 1. The van der Waals surface area contributed by atoms with Gasteiger partial charge in [0.05, 0.1) is 17.4 Å². The zero-order valence-corrected chi connectivity index (χ0v) is 9.69. The number of carbonyl (C=O) groups is 1. The number of fused-ring (bicyclic) bond motifs is 1. The maximum atomic E-state index is 11.2. The maximum Gasteiger partial charge on any atom is 0.339 e. The predicted octanol–water partition coefficient (Wildman–Crippen LogP) is 1.10. The highest BCUT2D eigenvalue weighted by Crippen LogP contribution is 2.19. The van der Waals surface area contributed by atoms with Crippen LogP contribution >= 0.6 is 0 Å². The normalized spacial score (nSPS) is 10.7. The third kappa shape index (κ3) is 1.77. The number of nitrogens with zero attached hydrogens (tertiary/aromatic N) is 4. The molecule has 94 valence electrons. The van der Waals surface area contributed by atoms with E-state index < -0.39 is 5.97 Å². The molecule has 3 aromatic rings. The fraction of sp³-hybridized carbons (Fsp3) is 0. The van der Waals surface area contributed by atoms with Gasteiger partial charge in [-0.15, -0.1) is 5.10 Å². The van der Waals surface area contributed by atoms with Crippen LogP contribution in [0.15, 0.2) is 36.5 Å². The molecule has 2 aromatic heterocycles. The Balaban J connectivity index is 2.30. The second-order valence-electron chi connectivity index (χ2n) is 3.93. The minimum Gasteiger partial charge on any atom is -0.478 e. The third-order valence-electron chi connectivity index (χ3n) is 2.67. The van der Waals surface area contributed by atoms with Gasteiger partial charge in [-0.3, -0.25) is 0 Å². The second kappa shape index (κ2) is 4.05. The van der Waals surface area contributed by atoms with Crippen molar-refractivity contribution in [1.29, 1.82) is 0 Å². The Morgan fingerprint density at radius 3 is 2.89 bits per heavy atom. The quantitative estimate of drug-likeness (QED) is 0.710. The van der Waals surface area contributed by atoms with Crippen molar-refractivity contribution in [2.45, 2.75) is 0 Å². The van der Waals surface area contributed by atoms with E-state index in [2.05, 4.69) is 15.3 Å². The van der Waals surface area contributed by atoms with Gasteiger partial charge in [0.2, 0.25) is 0 Å². The molecule has 19 heavy (non-hydrogen) atoms. The van der Waals surface area contributed by atoms with Gasteiger partial charge in [0, 0.05) is 0 Å². The summed E-state index contributed by atoms with van der Waals surface area (Å²) in [5.41, 5.74) is 7.17. The van der Waals surface area contributed by atoms with Crippen molar-refractivity contribution in [3.05, 3.63) is 42.1 Å². The molecule has 0 spiro atoms. The van der Waals surface area contributed by atoms with Crippen molar-refractivity contribution < 1.29 is 9.90 Å². The number of carboxylic acids is 1. The van der Waals surface area contributed by atoms with Crippen molar-refractivity contribution in [1.82, 2.24) is 20.0 Å². The first-order valence-corrected chi connectivity index (χ1v) is 5.46. The van der Waals surface area contributed by atoms with Crippen LogP contribution in [0.2, 0.25) is 0 Å². The minimum absolute atomic E-state index is 0.0179. The molecule has 0 unspecified atom stereocenters. The molecule has 0 fully saturated rings. The lowest BCUT2D eigenvalue weighted by Gasteiger charge is -2.06. The van der Waals surface area contributed by atoms with Gasteiger partial charge in [-0.25, -0.2) is 9.78 Å². The van der Waals surface area contributed by atoms with Gasteiger partial charge in [0.25, 0.3) is 0 Å². The molecule has 1 aromatic carbocycles. The molecule has 0 bridgehead atoms. The van der Waals surface area contributed by atoms with E-state index in [4.69, 9.17) is 5.73 Å². The van der Waals surface area contributed by atoms with Crippen LogP contribution in [-0.4, -0.2) is 31.1 Å². The molecule has 7 nitrogen and oxygen atoms in total. The smallest absolute Gasteiger partial charge is 0.339 e. The Labute approximate surface area is 107 Å². The van der Waals surface area contributed by atoms with Gasteiger partial charge in [0.15, 0.2) is 5.82 Å². The summed E-state index contributed by atoms with van der Waals surface area (Å²) in [6.07, 6.45) is 1.39. The lowest BCUT2D eigenvalue weighted by Crippen LogP contribution is -2.10. The van der Waals surface area contributed by atoms with Crippen molar-refractivity contribution >= 4 is 22.7 Å². The molecule has 0 saturated heterocycles. The highest BCUT2D eigenvalue weighted by atomic mass is 16.4. The molecule has 3 N–H and O–H groups in total. The van der Waals surface area contributed by atoms with Gasteiger partial charge in [-0.1, -0.05) is 17.3 Å². The zero-order valence-electron chi connectivity index (χ0n) is 9.69. The van der Waals surface area contributed by atoms with E-state index in [1.54, 1.807) is 12.1 Å². The number of hydrogen-bond donors (Lipinski definition) is 2. The summed E-state index contributed by atoms with van der Waals surface area (Å²) < 4.78 is 1.39. The van der Waals surface area contributed by atoms with Crippen LogP contribution in [0.4, 0.5) is 5.69 Å². The highest BCUT2D eigenvalue weighted by Gasteiger charge is 2.16. The summed E-state index contributed by atoms with van der Waals surface area (Å²) in [5, 5.41) is 17.1. The van der Waals surface area contributed by atoms with Crippen LogP contribution in [0.25, 0.3) is 16.9 Å². The molecule has 0 saturated carbocycles. The van der Waals surface area contributed by atoms with Crippen molar-refractivity contribution in [2.75, 3.05) is 5.73 Å². The molecule has 0 atom stereocenters. The standard InChI is InChI=1S/C12H9N5O2/c13-7-5-8(12(18)19)11(14-6-7)17-10-4-2-1-3-9(10)15-16-17/h1-6H,13H2,(H,18,19). The van der Waals surface area contributed by atoms with Crippen molar-refractivity contribution in [3.63, 3.8) is 0 Å². The average Bonchev–Trinajstić information content (AvgIpc) is 2.82. The summed E-state index contributed by atoms with van der Waals surface area (Å²) in [7, 11) is 0. The fourth-order valence-corrected chi connectivity index (χ4v) is 1.83. The third-order valence-corrected chi connectivity index (χ3v) is 2.67. The Kier molecular flexibility index (Phi) is 2.38. The first-order chi connectivity index (χ1) is 9.16. The van der Waals surface area contributed by atoms with Gasteiger partial charge in [-0.05, 0) is 18.2 Å². The summed E-state index contributed by atoms with van der Waals surface area (Å²) >= 11 is 0. The van der Waals surface area contributed by atoms with Gasteiger partial charge in [-0.2, -0.15) is 4.68 Å². The molecule has 0 amide bonds. The molecular formula is C12H9N5O2. The first kappa shape index (κ1) is 11.1. The largest absolute Gasteiger partial charge is 0.478 e. The summed E-state index contributed by atoms with van der Waals surface area (Å²) in [5.74, 6) is -0.926. The number of anilines is 1. The first-order valence-electron chi connectivity index (χ1n) is 5.46. The Hall–Kier alpha value is -2.96. The monoisotopic (exact) mass is 255 g/mol. The van der Waals surface area contributed by atoms with Crippen LogP contribution in [0.3, 0.4) is 0 Å². The van der Waals surface area contributed by atoms with Crippen molar-refractivity contribution in [3.8, 4) is 5.82 Å². The van der Waals surface area contributed by atoms with Gasteiger partial charge in [0.1, 0.15) is 11.1 Å². The topological polar surface area (TPSA) is 107 Å². The number of para-hydroxylation sites is 1. The molecule has 2 heterocycles. The number of carboxylic acid groups (broad SMARTS) is 1. The summed E-state index contributed by atoms with van der Waals surface area (Å²) in [4.78, 5) is 15.3. The number of benzene rings is 1. The lowest BCUT2D eigenvalue weighted by molar-refractivity contribution is 0.0696. The number of hydrogen-bond acceptors (Lipinski definition) is 5. The number of aromatic carboxylic acids is 1. The molecule has 7 heteroatoms. The van der Waals surface area contributed by atoms with E-state index in [0.717, 1.165) is 0 Å². The number of rotatable bonds is 2. The van der Waals surface area contributed by atoms with E-state index in [-0.39, 0.29) is 17.1 Å². The molecular weight excluding hydrogens is 246 g/mol. The minimum atomic E-state index is -1.12. The van der Waals surface area contributed by atoms with E-state index >= 15 is 0 Å². The average molecular weight is 255 g/mol. The Bertz CT molecular complexity index is 781. The Morgan fingerprint density at radius 1 is 1.32 bits per heavy atom. The predicted molar refractivity (Wildman–Crippen MR) is 68.0 cm³/mol.